The molecule has 1 fully saturated rings. The molecular formula is C42H34O26. The number of hydrogen-bond donors (Lipinski definition) is 15. The fraction of sp³-hybridized carbons (Fsp3) is 0.167. The summed E-state index contributed by atoms with van der Waals surface area (Å²) in [7, 11) is 0. The third kappa shape index (κ3) is 9.88. The zero-order valence-electron chi connectivity index (χ0n) is 33.8. The van der Waals surface area contributed by atoms with Crippen LogP contribution in [0.4, 0.5) is 0 Å². The summed E-state index contributed by atoms with van der Waals surface area (Å²) in [6, 6.07) is 5.99. The summed E-state index contributed by atoms with van der Waals surface area (Å²) in [6.45, 7) is -2.35. The van der Waals surface area contributed by atoms with E-state index in [1.54, 1.807) is 0 Å². The summed E-state index contributed by atoms with van der Waals surface area (Å²) in [5, 5.41) is 150. The van der Waals surface area contributed by atoms with Crippen LogP contribution in [0.2, 0.25) is 0 Å². The molecule has 5 atom stereocenters. The molecule has 5 aromatic carbocycles. The molecule has 26 nitrogen and oxygen atoms in total. The maximum atomic E-state index is 13.9. The molecule has 1 aliphatic heterocycles. The number of hydrogen-bond acceptors (Lipinski definition) is 26. The molecular weight excluding hydrogens is 920 g/mol. The van der Waals surface area contributed by atoms with E-state index in [0.717, 1.165) is 0 Å². The van der Waals surface area contributed by atoms with Gasteiger partial charge in [0, 0.05) is 0 Å². The molecule has 1 aliphatic rings. The van der Waals surface area contributed by atoms with Crippen LogP contribution in [0.15, 0.2) is 60.7 Å². The molecule has 68 heavy (non-hydrogen) atoms. The van der Waals surface area contributed by atoms with Crippen LogP contribution in [0.25, 0.3) is 0 Å². The molecule has 5 aromatic rings. The molecule has 0 aromatic heterocycles. The van der Waals surface area contributed by atoms with Crippen LogP contribution in [0.3, 0.4) is 0 Å². The predicted molar refractivity (Wildman–Crippen MR) is 214 cm³/mol. The molecule has 0 aliphatic carbocycles. The van der Waals surface area contributed by atoms with Crippen molar-refractivity contribution in [2.24, 2.45) is 0 Å². The summed E-state index contributed by atoms with van der Waals surface area (Å²) >= 11 is 0. The minimum atomic E-state index is -2.41. The highest BCUT2D eigenvalue weighted by Crippen LogP contribution is 2.41. The van der Waals surface area contributed by atoms with E-state index < -0.39 is 188 Å². The standard InChI is InChI=1S/C42H34O26/c43-18-1-13(2-19(44)30(18)53)38(58)63-11-28-35(66-40(60)15-5-22(47)32(55)23(48)6-15)37(68-42(62)17-9-26(51)34(57)27(52)10-17)36(67-41(61)16-7-24(49)33(56)25(50)8-16)29(65-28)12-64-39(59)14-3-20(45)31(54)21(46)4-14/h1-10,28-29,35-37,43-57H,11-12H2/t28-,29?,35-,36-,37?/m1/s1. The van der Waals surface area contributed by atoms with E-state index in [1.165, 1.54) is 0 Å². The monoisotopic (exact) mass is 954 g/mol. The van der Waals surface area contributed by atoms with Crippen LogP contribution in [0.1, 0.15) is 51.8 Å². The summed E-state index contributed by atoms with van der Waals surface area (Å²) in [4.78, 5) is 68.2. The van der Waals surface area contributed by atoms with Crippen molar-refractivity contribution in [2.75, 3.05) is 13.2 Å². The second-order valence-electron chi connectivity index (χ2n) is 14.3. The highest BCUT2D eigenvalue weighted by Gasteiger charge is 2.53. The Hall–Kier alpha value is -9.59. The van der Waals surface area contributed by atoms with Gasteiger partial charge in [-0.05, 0) is 60.7 Å². The molecule has 2 unspecified atom stereocenters. The second-order valence-corrected chi connectivity index (χ2v) is 14.3. The third-order valence-corrected chi connectivity index (χ3v) is 9.74. The van der Waals surface area contributed by atoms with Gasteiger partial charge in [-0.2, -0.15) is 0 Å². The Morgan fingerprint density at radius 3 is 0.735 bits per heavy atom. The Kier molecular flexibility index (Phi) is 13.3. The van der Waals surface area contributed by atoms with Gasteiger partial charge in [0.1, 0.15) is 25.4 Å². The first-order valence-electron chi connectivity index (χ1n) is 18.8. The molecule has 1 heterocycles. The smallest absolute Gasteiger partial charge is 0.338 e. The van der Waals surface area contributed by atoms with Crippen molar-refractivity contribution in [1.29, 1.82) is 0 Å². The van der Waals surface area contributed by atoms with Gasteiger partial charge in [-0.25, -0.2) is 24.0 Å². The van der Waals surface area contributed by atoms with E-state index in [0.29, 0.717) is 60.7 Å². The number of phenolic OH excluding ortho intramolecular Hbond substituents is 15. The first-order valence-corrected chi connectivity index (χ1v) is 18.8. The zero-order chi connectivity index (χ0) is 50.0. The lowest BCUT2D eigenvalue weighted by molar-refractivity contribution is -0.235. The zero-order valence-corrected chi connectivity index (χ0v) is 33.8. The SMILES string of the molecule is O=C(OCC1O[C@H](COC(=O)c2cc(O)c(O)c(O)c2)[C@@H](OC(=O)c2cc(O)c(O)c(O)c2)C(OC(=O)c2cc(O)c(O)c(O)c2)[C@@H]1OC(=O)c1cc(O)c(O)c(O)c1)c1cc(O)c(O)c(O)c1. The van der Waals surface area contributed by atoms with Crippen molar-refractivity contribution >= 4 is 29.8 Å². The third-order valence-electron chi connectivity index (χ3n) is 9.74. The fourth-order valence-electron chi connectivity index (χ4n) is 6.35. The summed E-state index contributed by atoms with van der Waals surface area (Å²) < 4.78 is 33.5. The van der Waals surface area contributed by atoms with Gasteiger partial charge in [0.2, 0.25) is 0 Å². The maximum absolute atomic E-state index is 13.9. The van der Waals surface area contributed by atoms with Gasteiger partial charge in [0.05, 0.1) is 27.8 Å². The van der Waals surface area contributed by atoms with Gasteiger partial charge in [-0.3, -0.25) is 0 Å². The minimum absolute atomic E-state index is 0.562. The fourth-order valence-corrected chi connectivity index (χ4v) is 6.35. The molecule has 358 valence electrons. The largest absolute Gasteiger partial charge is 0.504 e. The van der Waals surface area contributed by atoms with Crippen LogP contribution in [-0.4, -0.2) is 150 Å². The van der Waals surface area contributed by atoms with Crippen molar-refractivity contribution in [1.82, 2.24) is 0 Å². The average Bonchev–Trinajstić information content (AvgIpc) is 3.28. The van der Waals surface area contributed by atoms with E-state index in [1.807, 2.05) is 0 Å². The van der Waals surface area contributed by atoms with Crippen LogP contribution < -0.4 is 0 Å². The number of carbonyl (C=O) groups is 5. The number of rotatable bonds is 12. The van der Waals surface area contributed by atoms with E-state index >= 15 is 0 Å². The number of esters is 5. The van der Waals surface area contributed by atoms with Gasteiger partial charge < -0.3 is 105 Å². The molecule has 0 spiro atoms. The van der Waals surface area contributed by atoms with Gasteiger partial charge in [-0.1, -0.05) is 0 Å². The Morgan fingerprint density at radius 2 is 0.515 bits per heavy atom. The first-order chi connectivity index (χ1) is 31.9. The highest BCUT2D eigenvalue weighted by atomic mass is 16.7. The lowest BCUT2D eigenvalue weighted by Gasteiger charge is -2.44. The quantitative estimate of drug-likeness (QED) is 0.0481. The van der Waals surface area contributed by atoms with E-state index in [-0.39, 0.29) is 0 Å². The average molecular weight is 955 g/mol. The molecule has 1 saturated heterocycles. The normalized spacial score (nSPS) is 17.6. The van der Waals surface area contributed by atoms with E-state index in [4.69, 9.17) is 28.4 Å². The number of ether oxygens (including phenoxy) is 6. The topological polar surface area (TPSA) is 444 Å². The first kappa shape index (κ1) is 47.9. The van der Waals surface area contributed by atoms with Gasteiger partial charge >= 0.3 is 29.8 Å². The van der Waals surface area contributed by atoms with Gasteiger partial charge in [-0.15, -0.1) is 0 Å². The number of benzene rings is 5. The van der Waals surface area contributed by atoms with E-state index in [2.05, 4.69) is 0 Å². The lowest BCUT2D eigenvalue weighted by atomic mass is 9.94. The molecule has 15 N–H and O–H groups in total. The Labute approximate surface area is 376 Å². The summed E-state index contributed by atoms with van der Waals surface area (Å²) in [5.41, 5.74) is -3.58. The van der Waals surface area contributed by atoms with Crippen LogP contribution in [-0.2, 0) is 28.4 Å². The number of carbonyl (C=O) groups excluding carboxylic acids is 5. The van der Waals surface area contributed by atoms with Crippen molar-refractivity contribution < 1.29 is 129 Å². The summed E-state index contributed by atoms with van der Waals surface area (Å²) in [6.07, 6.45) is -11.2. The predicted octanol–water partition coefficient (Wildman–Crippen LogP) is 1.73. The number of phenols is 15. The molecule has 0 radical (unpaired) electrons. The Morgan fingerprint density at radius 1 is 0.324 bits per heavy atom. The van der Waals surface area contributed by atoms with Crippen molar-refractivity contribution in [2.45, 2.75) is 30.5 Å². The molecule has 0 saturated carbocycles. The maximum Gasteiger partial charge on any atom is 0.338 e. The Balaban J connectivity index is 1.50. The van der Waals surface area contributed by atoms with Crippen LogP contribution >= 0.6 is 0 Å². The molecule has 6 rings (SSSR count). The molecule has 0 amide bonds. The molecule has 0 bridgehead atoms. The molecule has 26 heteroatoms. The highest BCUT2D eigenvalue weighted by molar-refractivity contribution is 5.94. The van der Waals surface area contributed by atoms with Crippen molar-refractivity contribution in [3.8, 4) is 86.2 Å². The van der Waals surface area contributed by atoms with Crippen molar-refractivity contribution in [3.05, 3.63) is 88.5 Å². The number of aromatic hydroxyl groups is 15. The van der Waals surface area contributed by atoms with Crippen LogP contribution in [0, 0.1) is 0 Å². The minimum Gasteiger partial charge on any atom is -0.504 e. The van der Waals surface area contributed by atoms with Crippen LogP contribution in [0.5, 0.6) is 86.2 Å². The van der Waals surface area contributed by atoms with Crippen molar-refractivity contribution in [3.63, 3.8) is 0 Å². The lowest BCUT2D eigenvalue weighted by Crippen LogP contribution is -2.63. The summed E-state index contributed by atoms with van der Waals surface area (Å²) in [5.74, 6) is -23.6. The van der Waals surface area contributed by atoms with Gasteiger partial charge in [0.25, 0.3) is 0 Å². The second kappa shape index (κ2) is 18.9. The Bertz CT molecular complexity index is 2580. The van der Waals surface area contributed by atoms with Gasteiger partial charge in [0.15, 0.2) is 105 Å². The van der Waals surface area contributed by atoms with E-state index in [9.17, 15) is 101 Å².